The van der Waals surface area contributed by atoms with E-state index in [4.69, 9.17) is 5.11 Å². The van der Waals surface area contributed by atoms with Crippen molar-refractivity contribution in [2.24, 2.45) is 0 Å². The van der Waals surface area contributed by atoms with Crippen LogP contribution in [0.2, 0.25) is 0 Å². The predicted octanol–water partition coefficient (Wildman–Crippen LogP) is 2.67. The maximum atomic E-state index is 12.3. The van der Waals surface area contributed by atoms with Gasteiger partial charge in [-0.25, -0.2) is 4.98 Å². The average Bonchev–Trinajstić information content (AvgIpc) is 2.76. The molecule has 1 heterocycles. The molecule has 36 heavy (non-hydrogen) atoms. The van der Waals surface area contributed by atoms with E-state index in [0.29, 0.717) is 19.4 Å². The number of aryl methyl sites for hydroxylation is 1. The Labute approximate surface area is 228 Å². The number of alkyl halides is 3. The van der Waals surface area contributed by atoms with E-state index in [0.717, 1.165) is 23.5 Å². The van der Waals surface area contributed by atoms with Gasteiger partial charge >= 0.3 is 41.9 Å². The number of nitrogens with one attached hydrogen (secondary N) is 3. The number of amides is 2. The quantitative estimate of drug-likeness (QED) is 0.236. The van der Waals surface area contributed by atoms with E-state index in [1.54, 1.807) is 6.20 Å². The van der Waals surface area contributed by atoms with Gasteiger partial charge in [-0.15, -0.1) is 13.2 Å². The fourth-order valence-corrected chi connectivity index (χ4v) is 3.10. The van der Waals surface area contributed by atoms with Crippen LogP contribution in [0.3, 0.4) is 0 Å². The average molecular weight is 520 g/mol. The number of anilines is 1. The summed E-state index contributed by atoms with van der Waals surface area (Å²) in [5.74, 6) is -1.90. The molecule has 0 aliphatic carbocycles. The molecule has 13 heteroatoms. The number of carboxylic acids is 1. The zero-order valence-corrected chi connectivity index (χ0v) is 19.0. The molecule has 9 nitrogen and oxygen atoms in total. The number of rotatable bonds is 13. The van der Waals surface area contributed by atoms with Crippen molar-refractivity contribution in [1.29, 1.82) is 0 Å². The predicted molar refractivity (Wildman–Crippen MR) is 128 cm³/mol. The van der Waals surface area contributed by atoms with Gasteiger partial charge in [-0.05, 0) is 55.2 Å². The molecule has 0 spiro atoms. The number of nitrogens with zero attached hydrogens (tertiary/aromatic N) is 1. The Balaban J connectivity index is 0.00000648. The maximum absolute atomic E-state index is 12.3. The molecule has 0 bridgehead atoms. The molecule has 1 aromatic carbocycles. The van der Waals surface area contributed by atoms with E-state index in [9.17, 15) is 27.6 Å². The van der Waals surface area contributed by atoms with Crippen molar-refractivity contribution in [2.75, 3.05) is 18.4 Å². The molecule has 1 unspecified atom stereocenters. The van der Waals surface area contributed by atoms with Gasteiger partial charge in [0, 0.05) is 19.2 Å². The third kappa shape index (κ3) is 12.8. The summed E-state index contributed by atoms with van der Waals surface area (Å²) in [6, 6.07) is 7.30. The summed E-state index contributed by atoms with van der Waals surface area (Å²) in [6.45, 7) is 2.23. The number of hydrogen-bond donors (Lipinski definition) is 4. The molecular formula is C23H28F3N4NaO5. The minimum absolute atomic E-state index is 0. The van der Waals surface area contributed by atoms with E-state index < -0.39 is 36.5 Å². The Bertz CT molecular complexity index is 1010. The van der Waals surface area contributed by atoms with Crippen LogP contribution in [-0.4, -0.2) is 76.9 Å². The van der Waals surface area contributed by atoms with E-state index in [-0.39, 0.29) is 54.0 Å². The third-order valence-electron chi connectivity index (χ3n) is 4.73. The first kappa shape index (κ1) is 31.2. The van der Waals surface area contributed by atoms with Crippen molar-refractivity contribution in [2.45, 2.75) is 45.0 Å². The normalized spacial score (nSPS) is 11.6. The molecule has 0 saturated heterocycles. The third-order valence-corrected chi connectivity index (χ3v) is 4.73. The molecule has 0 radical (unpaired) electrons. The first-order valence-electron chi connectivity index (χ1n) is 10.8. The fraction of sp³-hybridized carbons (Fsp3) is 0.391. The first-order valence-corrected chi connectivity index (χ1v) is 10.8. The van der Waals surface area contributed by atoms with Crippen molar-refractivity contribution in [3.8, 4) is 5.75 Å². The Morgan fingerprint density at radius 1 is 1.08 bits per heavy atom. The van der Waals surface area contributed by atoms with Gasteiger partial charge < -0.3 is 25.8 Å². The number of hydrogen-bond acceptors (Lipinski definition) is 6. The van der Waals surface area contributed by atoms with Crippen LogP contribution in [0.25, 0.3) is 0 Å². The molecule has 1 atom stereocenters. The van der Waals surface area contributed by atoms with Crippen LogP contribution in [0.1, 0.15) is 42.9 Å². The van der Waals surface area contributed by atoms with Crippen LogP contribution in [0.15, 0.2) is 42.6 Å². The Kier molecular flexibility index (Phi) is 13.3. The summed E-state index contributed by atoms with van der Waals surface area (Å²) in [6.07, 6.45) is -2.15. The number of carboxylic acid groups (broad SMARTS) is 1. The number of halogens is 3. The number of pyridine rings is 1. The standard InChI is InChI=1S/C23H27F3N4O5.Na.H/c1-15-9-11-28-19(12-15)27-10-3-2-4-20(31)29-14-21(32)30-18(13-22(33)34)16-5-7-17(8-6-16)35-23(24,25)26;;/h5-9,11-12,18H,2-4,10,13-14H2,1H3,(H,27,28)(H,29,31)(H,30,32)(H,33,34);;. The first-order chi connectivity index (χ1) is 16.5. The summed E-state index contributed by atoms with van der Waals surface area (Å²) < 4.78 is 40.7. The molecule has 2 rings (SSSR count). The summed E-state index contributed by atoms with van der Waals surface area (Å²) >= 11 is 0. The summed E-state index contributed by atoms with van der Waals surface area (Å²) in [5.41, 5.74) is 1.36. The van der Waals surface area contributed by atoms with Gasteiger partial charge in [0.05, 0.1) is 19.0 Å². The molecule has 0 aliphatic rings. The fourth-order valence-electron chi connectivity index (χ4n) is 3.10. The molecule has 2 aromatic rings. The molecule has 0 aliphatic heterocycles. The molecule has 0 fully saturated rings. The summed E-state index contributed by atoms with van der Waals surface area (Å²) in [5, 5.41) is 17.2. The topological polar surface area (TPSA) is 130 Å². The Morgan fingerprint density at radius 3 is 2.39 bits per heavy atom. The van der Waals surface area contributed by atoms with Gasteiger partial charge in [-0.3, -0.25) is 14.4 Å². The molecule has 0 saturated carbocycles. The van der Waals surface area contributed by atoms with Crippen LogP contribution in [0, 0.1) is 6.92 Å². The van der Waals surface area contributed by atoms with Crippen molar-refractivity contribution in [3.63, 3.8) is 0 Å². The Morgan fingerprint density at radius 2 is 1.78 bits per heavy atom. The second kappa shape index (κ2) is 15.3. The van der Waals surface area contributed by atoms with Crippen molar-refractivity contribution in [1.82, 2.24) is 15.6 Å². The van der Waals surface area contributed by atoms with E-state index in [1.165, 1.54) is 12.1 Å². The van der Waals surface area contributed by atoms with Crippen LogP contribution in [0.5, 0.6) is 5.75 Å². The zero-order valence-electron chi connectivity index (χ0n) is 19.0. The summed E-state index contributed by atoms with van der Waals surface area (Å²) in [7, 11) is 0. The second-order valence-corrected chi connectivity index (χ2v) is 7.71. The number of carbonyl (C=O) groups excluding carboxylic acids is 2. The number of benzene rings is 1. The molecule has 4 N–H and O–H groups in total. The summed E-state index contributed by atoms with van der Waals surface area (Å²) in [4.78, 5) is 39.5. The van der Waals surface area contributed by atoms with E-state index >= 15 is 0 Å². The van der Waals surface area contributed by atoms with Crippen LogP contribution in [-0.2, 0) is 14.4 Å². The van der Waals surface area contributed by atoms with Gasteiger partial charge in [0.15, 0.2) is 0 Å². The van der Waals surface area contributed by atoms with E-state index in [1.807, 2.05) is 19.1 Å². The molecule has 1 aromatic heterocycles. The van der Waals surface area contributed by atoms with Gasteiger partial charge in [0.25, 0.3) is 0 Å². The van der Waals surface area contributed by atoms with Crippen molar-refractivity contribution < 1.29 is 37.4 Å². The number of aromatic nitrogens is 1. The molecular weight excluding hydrogens is 492 g/mol. The van der Waals surface area contributed by atoms with Crippen LogP contribution >= 0.6 is 0 Å². The van der Waals surface area contributed by atoms with Crippen molar-refractivity contribution >= 4 is 53.2 Å². The van der Waals surface area contributed by atoms with Gasteiger partial charge in [-0.1, -0.05) is 12.1 Å². The van der Waals surface area contributed by atoms with Crippen LogP contribution < -0.4 is 20.7 Å². The van der Waals surface area contributed by atoms with Gasteiger partial charge in [0.2, 0.25) is 11.8 Å². The second-order valence-electron chi connectivity index (χ2n) is 7.71. The number of unbranched alkanes of at least 4 members (excludes halogenated alkanes) is 1. The Hall–Kier alpha value is -2.83. The van der Waals surface area contributed by atoms with Gasteiger partial charge in [-0.2, -0.15) is 0 Å². The monoisotopic (exact) mass is 520 g/mol. The van der Waals surface area contributed by atoms with Crippen molar-refractivity contribution in [3.05, 3.63) is 53.7 Å². The minimum atomic E-state index is -4.86. The van der Waals surface area contributed by atoms with Gasteiger partial charge in [0.1, 0.15) is 11.6 Å². The van der Waals surface area contributed by atoms with E-state index in [2.05, 4.69) is 25.7 Å². The number of carbonyl (C=O) groups is 3. The zero-order chi connectivity index (χ0) is 25.8. The number of ether oxygens (including phenoxy) is 1. The van der Waals surface area contributed by atoms with Crippen LogP contribution in [0.4, 0.5) is 19.0 Å². The molecule has 2 amide bonds. The molecule has 192 valence electrons. The SMILES string of the molecule is Cc1ccnc(NCCCCC(=O)NCC(=O)NC(CC(=O)O)c2ccc(OC(F)(F)F)cc2)c1.[NaH]. The number of aliphatic carboxylic acids is 1.